The Balaban J connectivity index is 2.34. The Morgan fingerprint density at radius 1 is 1.35 bits per heavy atom. The zero-order chi connectivity index (χ0) is 12.7. The fourth-order valence-electron chi connectivity index (χ4n) is 1.56. The maximum absolute atomic E-state index is 9.41. The monoisotopic (exact) mass is 237 g/mol. The Morgan fingerprint density at radius 2 is 2.12 bits per heavy atom. The Labute approximate surface area is 104 Å². The molecular formula is C14H23NO2. The number of rotatable bonds is 7. The van der Waals surface area contributed by atoms with E-state index in [1.807, 2.05) is 50.2 Å². The summed E-state index contributed by atoms with van der Waals surface area (Å²) in [5, 5.41) is 9.41. The maximum Gasteiger partial charge on any atom is 0.121 e. The number of ether oxygens (including phenoxy) is 1. The van der Waals surface area contributed by atoms with E-state index in [9.17, 15) is 5.11 Å². The van der Waals surface area contributed by atoms with Crippen molar-refractivity contribution >= 4 is 5.69 Å². The highest BCUT2D eigenvalue weighted by atomic mass is 16.5. The van der Waals surface area contributed by atoms with Crippen LogP contribution in [0.5, 0.6) is 5.75 Å². The Morgan fingerprint density at radius 3 is 2.76 bits per heavy atom. The lowest BCUT2D eigenvalue weighted by atomic mass is 10.1. The van der Waals surface area contributed by atoms with Crippen LogP contribution in [0.1, 0.15) is 26.2 Å². The zero-order valence-electron chi connectivity index (χ0n) is 11.0. The highest BCUT2D eigenvalue weighted by Gasteiger charge is 2.01. The summed E-state index contributed by atoms with van der Waals surface area (Å²) in [7, 11) is 4.02. The summed E-state index contributed by atoms with van der Waals surface area (Å²) in [4.78, 5) is 2.05. The van der Waals surface area contributed by atoms with Crippen LogP contribution in [0.3, 0.4) is 0 Å². The van der Waals surface area contributed by atoms with Crippen LogP contribution in [0.2, 0.25) is 0 Å². The van der Waals surface area contributed by atoms with Crippen molar-refractivity contribution in [1.82, 2.24) is 0 Å². The summed E-state index contributed by atoms with van der Waals surface area (Å²) >= 11 is 0. The molecule has 0 amide bonds. The normalized spacial score (nSPS) is 12.2. The average Bonchev–Trinajstić information content (AvgIpc) is 2.34. The summed E-state index contributed by atoms with van der Waals surface area (Å²) in [6, 6.07) is 8.03. The lowest BCUT2D eigenvalue weighted by Crippen LogP contribution is -2.09. The number of nitrogens with zero attached hydrogens (tertiary/aromatic N) is 1. The predicted octanol–water partition coefficient (Wildman–Crippen LogP) is 2.68. The van der Waals surface area contributed by atoms with Crippen LogP contribution in [0.4, 0.5) is 5.69 Å². The minimum absolute atomic E-state index is 0.188. The van der Waals surface area contributed by atoms with Crippen LogP contribution in [0.25, 0.3) is 0 Å². The van der Waals surface area contributed by atoms with E-state index in [2.05, 4.69) is 0 Å². The largest absolute Gasteiger partial charge is 0.494 e. The molecule has 1 rings (SSSR count). The number of aliphatic hydroxyl groups excluding tert-OH is 1. The van der Waals surface area contributed by atoms with Crippen molar-refractivity contribution in [1.29, 1.82) is 0 Å². The molecule has 0 spiro atoms. The lowest BCUT2D eigenvalue weighted by molar-refractivity contribution is 0.149. The van der Waals surface area contributed by atoms with Crippen molar-refractivity contribution < 1.29 is 9.84 Å². The molecule has 1 atom stereocenters. The van der Waals surface area contributed by atoms with Gasteiger partial charge in [-0.05, 0) is 31.4 Å². The molecular weight excluding hydrogens is 214 g/mol. The Bertz CT molecular complexity index is 326. The summed E-state index contributed by atoms with van der Waals surface area (Å²) in [5.41, 5.74) is 1.14. The van der Waals surface area contributed by atoms with E-state index >= 15 is 0 Å². The number of aliphatic hydroxyl groups is 1. The summed E-state index contributed by atoms with van der Waals surface area (Å²) in [6.07, 6.45) is 2.33. The molecule has 0 aromatic heterocycles. The second-order valence-corrected chi connectivity index (χ2v) is 4.44. The Kier molecular flexibility index (Phi) is 5.84. The molecule has 0 fully saturated rings. The first-order valence-corrected chi connectivity index (χ1v) is 6.21. The van der Waals surface area contributed by atoms with Gasteiger partial charge in [0.25, 0.3) is 0 Å². The molecule has 0 aliphatic rings. The fraction of sp³-hybridized carbons (Fsp3) is 0.571. The molecule has 0 radical (unpaired) electrons. The summed E-state index contributed by atoms with van der Waals surface area (Å²) in [6.45, 7) is 2.65. The van der Waals surface area contributed by atoms with Crippen LogP contribution in [0.15, 0.2) is 24.3 Å². The van der Waals surface area contributed by atoms with Gasteiger partial charge < -0.3 is 14.7 Å². The standard InChI is InChI=1S/C14H23NO2/c1-4-13(16)8-6-10-17-14-9-5-7-12(11-14)15(2)3/h5,7,9,11,13,16H,4,6,8,10H2,1-3H3. The van der Waals surface area contributed by atoms with E-state index < -0.39 is 0 Å². The van der Waals surface area contributed by atoms with Gasteiger partial charge in [0, 0.05) is 25.8 Å². The molecule has 0 heterocycles. The first kappa shape index (κ1) is 13.8. The lowest BCUT2D eigenvalue weighted by Gasteiger charge is -2.14. The van der Waals surface area contributed by atoms with Crippen LogP contribution >= 0.6 is 0 Å². The van der Waals surface area contributed by atoms with Crippen molar-refractivity contribution in [3.63, 3.8) is 0 Å². The van der Waals surface area contributed by atoms with Gasteiger partial charge in [-0.25, -0.2) is 0 Å². The van der Waals surface area contributed by atoms with Gasteiger partial charge in [0.05, 0.1) is 12.7 Å². The second kappa shape index (κ2) is 7.17. The van der Waals surface area contributed by atoms with Crippen LogP contribution in [-0.4, -0.2) is 31.9 Å². The molecule has 96 valence electrons. The van der Waals surface area contributed by atoms with Crippen LogP contribution < -0.4 is 9.64 Å². The van der Waals surface area contributed by atoms with Gasteiger partial charge in [0.15, 0.2) is 0 Å². The molecule has 0 bridgehead atoms. The number of hydrogen-bond acceptors (Lipinski definition) is 3. The van der Waals surface area contributed by atoms with Gasteiger partial charge in [-0.1, -0.05) is 13.0 Å². The number of benzene rings is 1. The maximum atomic E-state index is 9.41. The molecule has 0 saturated carbocycles. The van der Waals surface area contributed by atoms with Crippen LogP contribution in [-0.2, 0) is 0 Å². The third-order valence-corrected chi connectivity index (χ3v) is 2.76. The van der Waals surface area contributed by atoms with Crippen molar-refractivity contribution in [2.24, 2.45) is 0 Å². The molecule has 0 saturated heterocycles. The van der Waals surface area contributed by atoms with Gasteiger partial charge in [-0.2, -0.15) is 0 Å². The fourth-order valence-corrected chi connectivity index (χ4v) is 1.56. The van der Waals surface area contributed by atoms with Gasteiger partial charge in [0.1, 0.15) is 5.75 Å². The van der Waals surface area contributed by atoms with Crippen molar-refractivity contribution in [3.05, 3.63) is 24.3 Å². The minimum atomic E-state index is -0.188. The SMILES string of the molecule is CCC(O)CCCOc1cccc(N(C)C)c1. The van der Waals surface area contributed by atoms with Gasteiger partial charge in [-0.15, -0.1) is 0 Å². The zero-order valence-corrected chi connectivity index (χ0v) is 11.0. The predicted molar refractivity (Wildman–Crippen MR) is 71.8 cm³/mol. The van der Waals surface area contributed by atoms with Gasteiger partial charge in [-0.3, -0.25) is 0 Å². The van der Waals surface area contributed by atoms with Crippen LogP contribution in [0, 0.1) is 0 Å². The molecule has 1 N–H and O–H groups in total. The van der Waals surface area contributed by atoms with E-state index in [0.717, 1.165) is 30.7 Å². The highest BCUT2D eigenvalue weighted by molar-refractivity contribution is 5.49. The number of anilines is 1. The van der Waals surface area contributed by atoms with E-state index in [0.29, 0.717) is 6.61 Å². The van der Waals surface area contributed by atoms with E-state index in [4.69, 9.17) is 4.74 Å². The average molecular weight is 237 g/mol. The third kappa shape index (κ3) is 5.09. The Hall–Kier alpha value is -1.22. The van der Waals surface area contributed by atoms with Gasteiger partial charge >= 0.3 is 0 Å². The van der Waals surface area contributed by atoms with E-state index in [-0.39, 0.29) is 6.10 Å². The third-order valence-electron chi connectivity index (χ3n) is 2.76. The molecule has 0 aliphatic carbocycles. The topological polar surface area (TPSA) is 32.7 Å². The minimum Gasteiger partial charge on any atom is -0.494 e. The molecule has 1 unspecified atom stereocenters. The second-order valence-electron chi connectivity index (χ2n) is 4.44. The quantitative estimate of drug-likeness (QED) is 0.740. The van der Waals surface area contributed by atoms with E-state index in [1.54, 1.807) is 0 Å². The van der Waals surface area contributed by atoms with Crippen molar-refractivity contribution in [3.8, 4) is 5.75 Å². The molecule has 3 heteroatoms. The first-order chi connectivity index (χ1) is 8.13. The van der Waals surface area contributed by atoms with Crippen molar-refractivity contribution in [2.75, 3.05) is 25.6 Å². The molecule has 0 aliphatic heterocycles. The highest BCUT2D eigenvalue weighted by Crippen LogP contribution is 2.19. The first-order valence-electron chi connectivity index (χ1n) is 6.21. The molecule has 17 heavy (non-hydrogen) atoms. The summed E-state index contributed by atoms with van der Waals surface area (Å²) in [5.74, 6) is 0.891. The summed E-state index contributed by atoms with van der Waals surface area (Å²) < 4.78 is 5.65. The smallest absolute Gasteiger partial charge is 0.121 e. The molecule has 1 aromatic carbocycles. The van der Waals surface area contributed by atoms with Crippen molar-refractivity contribution in [2.45, 2.75) is 32.3 Å². The van der Waals surface area contributed by atoms with E-state index in [1.165, 1.54) is 0 Å². The molecule has 1 aromatic rings. The molecule has 3 nitrogen and oxygen atoms in total. The number of hydrogen-bond donors (Lipinski definition) is 1. The van der Waals surface area contributed by atoms with Gasteiger partial charge in [0.2, 0.25) is 0 Å².